The molecule has 0 fully saturated rings. The van der Waals surface area contributed by atoms with E-state index in [1.165, 1.54) is 6.21 Å². The van der Waals surface area contributed by atoms with E-state index < -0.39 is 11.7 Å². The highest BCUT2D eigenvalue weighted by Crippen LogP contribution is 2.07. The molecule has 0 rings (SSSR count). The molecule has 82 valence electrons. The van der Waals surface area contributed by atoms with Crippen molar-refractivity contribution in [1.82, 2.24) is 0 Å². The minimum absolute atomic E-state index is 0.0414. The number of aliphatic imine (C=N–C) groups is 1. The van der Waals surface area contributed by atoms with Gasteiger partial charge in [-0.25, -0.2) is 4.79 Å². The summed E-state index contributed by atoms with van der Waals surface area (Å²) >= 11 is 0. The molecule has 5 nitrogen and oxygen atoms in total. The summed E-state index contributed by atoms with van der Waals surface area (Å²) in [7, 11) is 0. The summed E-state index contributed by atoms with van der Waals surface area (Å²) in [6.07, 6.45) is 0.675. The van der Waals surface area contributed by atoms with Crippen LogP contribution in [0.3, 0.4) is 0 Å². The van der Waals surface area contributed by atoms with E-state index in [1.54, 1.807) is 20.8 Å². The third kappa shape index (κ3) is 9.15. The molecule has 0 atom stereocenters. The Morgan fingerprint density at radius 1 is 1.50 bits per heavy atom. The molecule has 0 heterocycles. The Balaban J connectivity index is 3.61. The Kier molecular flexibility index (Phi) is 6.07. The molecule has 0 aromatic rings. The first-order valence-corrected chi connectivity index (χ1v) is 4.40. The molecule has 0 aliphatic rings. The number of carbonyl (C=O) groups is 1. The highest BCUT2D eigenvalue weighted by molar-refractivity contribution is 5.79. The predicted molar refractivity (Wildman–Crippen MR) is 52.6 cm³/mol. The SMILES string of the molecule is CC(C)(C)OC(=O)N=CCOCCO. The highest BCUT2D eigenvalue weighted by atomic mass is 16.6. The number of aliphatic hydroxyl groups excluding tert-OH is 1. The van der Waals surface area contributed by atoms with Crippen molar-refractivity contribution in [2.24, 2.45) is 4.99 Å². The van der Waals surface area contributed by atoms with Crippen molar-refractivity contribution in [1.29, 1.82) is 0 Å². The van der Waals surface area contributed by atoms with Gasteiger partial charge in [-0.3, -0.25) is 0 Å². The fourth-order valence-corrected chi connectivity index (χ4v) is 0.601. The molecule has 14 heavy (non-hydrogen) atoms. The van der Waals surface area contributed by atoms with Gasteiger partial charge in [0.05, 0.1) is 19.8 Å². The van der Waals surface area contributed by atoms with E-state index in [0.717, 1.165) is 0 Å². The van der Waals surface area contributed by atoms with Crippen LogP contribution in [0.25, 0.3) is 0 Å². The molecular formula is C9H17NO4. The Morgan fingerprint density at radius 2 is 2.14 bits per heavy atom. The van der Waals surface area contributed by atoms with Gasteiger partial charge in [0.1, 0.15) is 5.60 Å². The quantitative estimate of drug-likeness (QED) is 0.546. The molecule has 1 N–H and O–H groups in total. The van der Waals surface area contributed by atoms with Crippen molar-refractivity contribution in [2.75, 3.05) is 19.8 Å². The van der Waals surface area contributed by atoms with Gasteiger partial charge in [0.25, 0.3) is 0 Å². The van der Waals surface area contributed by atoms with Crippen LogP contribution < -0.4 is 0 Å². The zero-order valence-corrected chi connectivity index (χ0v) is 8.82. The van der Waals surface area contributed by atoms with E-state index in [0.29, 0.717) is 0 Å². The van der Waals surface area contributed by atoms with Crippen LogP contribution >= 0.6 is 0 Å². The lowest BCUT2D eigenvalue weighted by Gasteiger charge is -2.16. The molecule has 1 amide bonds. The van der Waals surface area contributed by atoms with Gasteiger partial charge in [-0.05, 0) is 20.8 Å². The smallest absolute Gasteiger partial charge is 0.433 e. The number of nitrogens with zero attached hydrogens (tertiary/aromatic N) is 1. The molecule has 0 bridgehead atoms. The fourth-order valence-electron chi connectivity index (χ4n) is 0.601. The summed E-state index contributed by atoms with van der Waals surface area (Å²) in [5.74, 6) is 0. The number of amides is 1. The second-order valence-electron chi connectivity index (χ2n) is 3.59. The first-order chi connectivity index (χ1) is 6.45. The van der Waals surface area contributed by atoms with Crippen molar-refractivity contribution in [2.45, 2.75) is 26.4 Å². The molecule has 5 heteroatoms. The van der Waals surface area contributed by atoms with Gasteiger partial charge in [0.2, 0.25) is 0 Å². The maximum absolute atomic E-state index is 11.0. The highest BCUT2D eigenvalue weighted by Gasteiger charge is 2.14. The fraction of sp³-hybridized carbons (Fsp3) is 0.778. The van der Waals surface area contributed by atoms with E-state index in [4.69, 9.17) is 14.6 Å². The second-order valence-corrected chi connectivity index (χ2v) is 3.59. The minimum atomic E-state index is -0.634. The van der Waals surface area contributed by atoms with Crippen LogP contribution in [0.1, 0.15) is 20.8 Å². The van der Waals surface area contributed by atoms with Crippen LogP contribution in [0.4, 0.5) is 4.79 Å². The second kappa shape index (κ2) is 6.50. The lowest BCUT2D eigenvalue weighted by Crippen LogP contribution is -2.22. The predicted octanol–water partition coefficient (Wildman–Crippen LogP) is 1.00. The maximum Gasteiger partial charge on any atom is 0.433 e. The molecular weight excluding hydrogens is 186 g/mol. The Bertz CT molecular complexity index is 195. The molecule has 0 aromatic carbocycles. The lowest BCUT2D eigenvalue weighted by molar-refractivity contribution is 0.0602. The zero-order chi connectivity index (χ0) is 11.0. The van der Waals surface area contributed by atoms with Crippen molar-refractivity contribution in [3.05, 3.63) is 0 Å². The van der Waals surface area contributed by atoms with E-state index in [9.17, 15) is 4.79 Å². The first kappa shape index (κ1) is 13.1. The molecule has 0 unspecified atom stereocenters. The average molecular weight is 203 g/mol. The number of rotatable bonds is 4. The topological polar surface area (TPSA) is 68.1 Å². The van der Waals surface area contributed by atoms with Crippen molar-refractivity contribution in [3.63, 3.8) is 0 Å². The summed E-state index contributed by atoms with van der Waals surface area (Å²) in [6, 6.07) is 0. The summed E-state index contributed by atoms with van der Waals surface area (Å²) < 4.78 is 9.76. The van der Waals surface area contributed by atoms with Crippen LogP contribution in [0, 0.1) is 0 Å². The zero-order valence-electron chi connectivity index (χ0n) is 8.82. The first-order valence-electron chi connectivity index (χ1n) is 4.40. The lowest BCUT2D eigenvalue weighted by atomic mass is 10.2. The van der Waals surface area contributed by atoms with Gasteiger partial charge in [-0.1, -0.05) is 0 Å². The van der Waals surface area contributed by atoms with Crippen LogP contribution in [-0.4, -0.2) is 42.8 Å². The van der Waals surface area contributed by atoms with Crippen molar-refractivity contribution < 1.29 is 19.4 Å². The normalized spacial score (nSPS) is 12.0. The monoisotopic (exact) mass is 203 g/mol. The van der Waals surface area contributed by atoms with Gasteiger partial charge in [-0.15, -0.1) is 0 Å². The summed E-state index contributed by atoms with van der Waals surface area (Å²) in [6.45, 7) is 5.69. The van der Waals surface area contributed by atoms with Crippen LogP contribution in [0.15, 0.2) is 4.99 Å². The van der Waals surface area contributed by atoms with Crippen molar-refractivity contribution in [3.8, 4) is 0 Å². The van der Waals surface area contributed by atoms with Gasteiger partial charge in [0, 0.05) is 6.21 Å². The average Bonchev–Trinajstić information content (AvgIpc) is 2.00. The largest absolute Gasteiger partial charge is 0.442 e. The van der Waals surface area contributed by atoms with E-state index in [2.05, 4.69) is 4.99 Å². The van der Waals surface area contributed by atoms with Gasteiger partial charge in [0.15, 0.2) is 0 Å². The summed E-state index contributed by atoms with van der Waals surface area (Å²) in [5, 5.41) is 8.37. The van der Waals surface area contributed by atoms with E-state index in [-0.39, 0.29) is 19.8 Å². The maximum atomic E-state index is 11.0. The minimum Gasteiger partial charge on any atom is -0.442 e. The third-order valence-corrected chi connectivity index (χ3v) is 1.02. The number of carbonyl (C=O) groups excluding carboxylic acids is 1. The summed E-state index contributed by atoms with van der Waals surface area (Å²) in [5.41, 5.74) is -0.527. The number of hydrogen-bond donors (Lipinski definition) is 1. The molecule has 0 saturated heterocycles. The number of hydrogen-bond acceptors (Lipinski definition) is 4. The molecule has 0 saturated carbocycles. The molecule has 0 radical (unpaired) electrons. The van der Waals surface area contributed by atoms with Crippen LogP contribution in [-0.2, 0) is 9.47 Å². The standard InChI is InChI=1S/C9H17NO4/c1-9(2,3)14-8(12)10-4-6-13-7-5-11/h4,11H,5-7H2,1-3H3. The molecule has 0 spiro atoms. The van der Waals surface area contributed by atoms with Crippen LogP contribution in [0.2, 0.25) is 0 Å². The Labute approximate surface area is 83.7 Å². The summed E-state index contributed by atoms with van der Waals surface area (Å²) in [4.78, 5) is 14.5. The van der Waals surface area contributed by atoms with Crippen LogP contribution in [0.5, 0.6) is 0 Å². The van der Waals surface area contributed by atoms with Gasteiger partial charge >= 0.3 is 6.09 Å². The number of aliphatic hydroxyl groups is 1. The third-order valence-electron chi connectivity index (χ3n) is 1.02. The van der Waals surface area contributed by atoms with E-state index in [1.807, 2.05) is 0 Å². The van der Waals surface area contributed by atoms with Gasteiger partial charge in [-0.2, -0.15) is 4.99 Å². The van der Waals surface area contributed by atoms with E-state index >= 15 is 0 Å². The Morgan fingerprint density at radius 3 is 2.64 bits per heavy atom. The molecule has 0 aliphatic heterocycles. The molecule has 0 aromatic heterocycles. The molecule has 0 aliphatic carbocycles. The number of ether oxygens (including phenoxy) is 2. The van der Waals surface area contributed by atoms with Gasteiger partial charge < -0.3 is 14.6 Å². The van der Waals surface area contributed by atoms with Crippen molar-refractivity contribution >= 4 is 12.3 Å². The Hall–Kier alpha value is -0.940.